The van der Waals surface area contributed by atoms with Crippen LogP contribution in [0.3, 0.4) is 0 Å². The number of nitrogens with zero attached hydrogens (tertiary/aromatic N) is 4. The van der Waals surface area contributed by atoms with Gasteiger partial charge in [0, 0.05) is 84.1 Å². The van der Waals surface area contributed by atoms with Crippen LogP contribution in [-0.4, -0.2) is 93.0 Å². The predicted molar refractivity (Wildman–Crippen MR) is 230 cm³/mol. The average molecular weight is 958 g/mol. The normalized spacial score (nSPS) is 16.2. The van der Waals surface area contributed by atoms with Crippen LogP contribution in [0.15, 0.2) is 60.9 Å². The van der Waals surface area contributed by atoms with Crippen LogP contribution in [-0.2, 0) is 31.4 Å². The quantitative estimate of drug-likeness (QED) is 0.0471. The average Bonchev–Trinajstić information content (AvgIpc) is 4.08. The molecule has 2 amide bonds. The number of carbonyl (C=O) groups excluding carboxylic acids is 4. The van der Waals surface area contributed by atoms with Crippen LogP contribution in [0.5, 0.6) is 11.5 Å². The highest BCUT2D eigenvalue weighted by Crippen LogP contribution is 2.51. The second-order valence-electron chi connectivity index (χ2n) is 15.1. The molecule has 2 aliphatic heterocycles. The Hall–Kier alpha value is -7.06. The minimum atomic E-state index is -5.01. The van der Waals surface area contributed by atoms with Crippen molar-refractivity contribution < 1.29 is 65.2 Å². The van der Waals surface area contributed by atoms with E-state index in [2.05, 4.69) is 29.4 Å². The number of halogens is 8. The number of hydrogen-bond acceptors (Lipinski definition) is 10. The molecule has 0 spiro atoms. The smallest absolute Gasteiger partial charge is 0.432 e. The number of carbonyl (C=O) groups is 4. The van der Waals surface area contributed by atoms with Gasteiger partial charge in [0.1, 0.15) is 22.9 Å². The van der Waals surface area contributed by atoms with Crippen LogP contribution in [0.1, 0.15) is 66.2 Å². The lowest BCUT2D eigenvalue weighted by molar-refractivity contribution is -0.141. The first-order valence-corrected chi connectivity index (χ1v) is 20.6. The Balaban J connectivity index is 0.982. The Morgan fingerprint density at radius 1 is 0.697 bits per heavy atom. The summed E-state index contributed by atoms with van der Waals surface area (Å²) >= 11 is 12.5. The molecule has 0 radical (unpaired) electrons. The summed E-state index contributed by atoms with van der Waals surface area (Å²) < 4.78 is 93.4. The van der Waals surface area contributed by atoms with Gasteiger partial charge in [-0.05, 0) is 46.5 Å². The summed E-state index contributed by atoms with van der Waals surface area (Å²) in [5.74, 6) is -6.71. The van der Waals surface area contributed by atoms with Gasteiger partial charge < -0.3 is 39.5 Å². The number of pyridine rings is 2. The standard InChI is InChI=1S/C44H32Cl2F6N6O8/c1-65-41(63)35-33-31-21(13-45)17-57(25(31)11-27(59)37(33)55-39(35)43(47,48)49)29(61)9-5-19-3-7-23(53-15-19)24-8-4-20(16-54-24)6-10-30(62)58-18-22(14-46)32-26(58)12-28(60)38-34(32)36(42(64)66-2)40(56-38)44(50,51)52/h3-12,15-16,21-22,55-56,59-60H,13-14,17-18H2,1-2H3/b9-5-,10-6+/t21-,22-/m1/s1. The van der Waals surface area contributed by atoms with E-state index in [1.54, 1.807) is 24.3 Å². The number of fused-ring (bicyclic) bond motifs is 6. The number of hydrogen-bond donors (Lipinski definition) is 4. The van der Waals surface area contributed by atoms with E-state index < -0.39 is 82.0 Å². The molecule has 0 aliphatic carbocycles. The summed E-state index contributed by atoms with van der Waals surface area (Å²) in [5, 5.41) is 21.1. The number of nitrogens with one attached hydrogen (secondary N) is 2. The lowest BCUT2D eigenvalue weighted by atomic mass is 9.95. The van der Waals surface area contributed by atoms with Crippen molar-refractivity contribution in [2.24, 2.45) is 0 Å². The number of rotatable bonds is 9. The molecular formula is C44H32Cl2F6N6O8. The number of aromatic hydroxyl groups is 2. The number of anilines is 2. The fourth-order valence-electron chi connectivity index (χ4n) is 8.36. The highest BCUT2D eigenvalue weighted by atomic mass is 35.5. The molecule has 4 N–H and O–H groups in total. The van der Waals surface area contributed by atoms with Gasteiger partial charge in [-0.3, -0.25) is 19.6 Å². The molecule has 4 aromatic heterocycles. The van der Waals surface area contributed by atoms with Crippen LogP contribution < -0.4 is 9.80 Å². The zero-order valence-corrected chi connectivity index (χ0v) is 35.6. The zero-order valence-electron chi connectivity index (χ0n) is 34.1. The van der Waals surface area contributed by atoms with E-state index in [1.165, 1.54) is 46.5 Å². The summed E-state index contributed by atoms with van der Waals surface area (Å²) in [5.41, 5.74) is -2.89. The van der Waals surface area contributed by atoms with Gasteiger partial charge in [-0.1, -0.05) is 12.1 Å². The molecule has 22 heteroatoms. The van der Waals surface area contributed by atoms with Gasteiger partial charge in [0.25, 0.3) is 11.8 Å². The van der Waals surface area contributed by atoms with Crippen LogP contribution >= 0.6 is 23.2 Å². The van der Waals surface area contributed by atoms with Crippen LogP contribution in [0.25, 0.3) is 45.3 Å². The Morgan fingerprint density at radius 3 is 1.38 bits per heavy atom. The van der Waals surface area contributed by atoms with E-state index >= 15 is 0 Å². The molecule has 6 heterocycles. The number of aromatic nitrogens is 4. The van der Waals surface area contributed by atoms with Crippen molar-refractivity contribution in [3.63, 3.8) is 0 Å². The Labute approximate surface area is 378 Å². The van der Waals surface area contributed by atoms with Crippen molar-refractivity contribution >= 4 is 92.3 Å². The second-order valence-corrected chi connectivity index (χ2v) is 15.7. The first-order chi connectivity index (χ1) is 31.3. The highest BCUT2D eigenvalue weighted by Gasteiger charge is 2.45. The second kappa shape index (κ2) is 17.1. The molecule has 0 bridgehead atoms. The summed E-state index contributed by atoms with van der Waals surface area (Å²) in [6.45, 7) is -0.125. The number of H-pyrrole nitrogens is 2. The van der Waals surface area contributed by atoms with E-state index in [0.29, 0.717) is 22.5 Å². The molecule has 2 atom stereocenters. The maximum Gasteiger partial charge on any atom is 0.432 e. The van der Waals surface area contributed by atoms with Crippen molar-refractivity contribution in [1.29, 1.82) is 0 Å². The molecule has 0 unspecified atom stereocenters. The molecular weight excluding hydrogens is 925 g/mol. The molecule has 0 fully saturated rings. The van der Waals surface area contributed by atoms with Gasteiger partial charge in [-0.25, -0.2) is 9.59 Å². The van der Waals surface area contributed by atoms with Gasteiger partial charge in [0.15, 0.2) is 0 Å². The summed E-state index contributed by atoms with van der Waals surface area (Å²) in [6.07, 6.45) is -1.77. The molecule has 0 saturated carbocycles. The third-order valence-electron chi connectivity index (χ3n) is 11.3. The zero-order chi connectivity index (χ0) is 47.6. The number of amides is 2. The number of benzene rings is 2. The highest BCUT2D eigenvalue weighted by molar-refractivity contribution is 6.21. The van der Waals surface area contributed by atoms with E-state index in [9.17, 15) is 55.7 Å². The third-order valence-corrected chi connectivity index (χ3v) is 12.0. The van der Waals surface area contributed by atoms with Gasteiger partial charge >= 0.3 is 24.3 Å². The van der Waals surface area contributed by atoms with Gasteiger partial charge in [0.05, 0.1) is 59.1 Å². The number of ether oxygens (including phenoxy) is 2. The molecule has 2 aliphatic rings. The lowest BCUT2D eigenvalue weighted by Gasteiger charge is -2.16. The lowest BCUT2D eigenvalue weighted by Crippen LogP contribution is -2.28. The Bertz CT molecular complexity index is 2830. The van der Waals surface area contributed by atoms with E-state index in [1.807, 2.05) is 0 Å². The molecule has 14 nitrogen and oxygen atoms in total. The minimum Gasteiger partial charge on any atom is -0.506 e. The number of esters is 2. The number of aromatic amines is 2. The fourth-order valence-corrected chi connectivity index (χ4v) is 8.87. The fraction of sp³-hybridized carbons (Fsp3) is 0.227. The number of phenols is 2. The molecule has 8 rings (SSSR count). The van der Waals surface area contributed by atoms with Crippen LogP contribution in [0.4, 0.5) is 37.7 Å². The molecule has 0 saturated heterocycles. The maximum atomic E-state index is 14.0. The Kier molecular flexibility index (Phi) is 11.8. The first-order valence-electron chi connectivity index (χ1n) is 19.5. The van der Waals surface area contributed by atoms with Crippen molar-refractivity contribution in [2.45, 2.75) is 24.2 Å². The first kappa shape index (κ1) is 45.5. The monoisotopic (exact) mass is 956 g/mol. The summed E-state index contributed by atoms with van der Waals surface area (Å²) in [7, 11) is 1.85. The maximum absolute atomic E-state index is 14.0. The summed E-state index contributed by atoms with van der Waals surface area (Å²) in [6, 6.07) is 8.83. The van der Waals surface area contributed by atoms with Crippen molar-refractivity contribution in [1.82, 2.24) is 19.9 Å². The van der Waals surface area contributed by atoms with Crippen molar-refractivity contribution in [3.05, 3.63) is 106 Å². The van der Waals surface area contributed by atoms with Crippen molar-refractivity contribution in [2.75, 3.05) is 48.9 Å². The van der Waals surface area contributed by atoms with E-state index in [-0.39, 0.29) is 69.2 Å². The van der Waals surface area contributed by atoms with Gasteiger partial charge in [0.2, 0.25) is 0 Å². The van der Waals surface area contributed by atoms with Gasteiger partial charge in [-0.15, -0.1) is 23.2 Å². The third kappa shape index (κ3) is 7.82. The molecule has 342 valence electrons. The van der Waals surface area contributed by atoms with E-state index in [0.717, 1.165) is 26.4 Å². The number of phenolic OH excluding ortho intramolecular Hbond substituents is 2. The minimum absolute atomic E-state index is 0.0627. The summed E-state index contributed by atoms with van der Waals surface area (Å²) in [4.78, 5) is 67.9. The van der Waals surface area contributed by atoms with Crippen molar-refractivity contribution in [3.8, 4) is 22.9 Å². The van der Waals surface area contributed by atoms with Gasteiger partial charge in [-0.2, -0.15) is 26.3 Å². The number of methoxy groups -OCH3 is 2. The number of alkyl halides is 8. The topological polar surface area (TPSA) is 191 Å². The SMILES string of the molecule is COC(=O)c1c(C(F)(F)F)[nH]c2c(O)cc3c(c12)[C@H](CCl)CN3C(=O)/C=C\c1ccc(-c2ccc(/C=C/C(=O)N3C[C@@H](CCl)c4c3cc(O)c3[nH]c(C(F)(F)F)c(C(=O)OC)c43)cn2)nc1. The van der Waals surface area contributed by atoms with E-state index in [4.69, 9.17) is 23.2 Å². The van der Waals surface area contributed by atoms with Crippen LogP contribution in [0.2, 0.25) is 0 Å². The molecule has 66 heavy (non-hydrogen) atoms. The Morgan fingerprint density at radius 2 is 1.08 bits per heavy atom. The predicted octanol–water partition coefficient (Wildman–Crippen LogP) is 8.89. The molecule has 6 aromatic rings. The van der Waals surface area contributed by atoms with Crippen LogP contribution in [0, 0.1) is 0 Å². The largest absolute Gasteiger partial charge is 0.506 e. The molecule has 2 aromatic carbocycles.